The largest absolute Gasteiger partial charge is 0.444 e. The van der Waals surface area contributed by atoms with Crippen molar-refractivity contribution in [2.24, 2.45) is 4.99 Å². The van der Waals surface area contributed by atoms with Crippen LogP contribution in [0.3, 0.4) is 0 Å². The molecule has 1 amide bonds. The Hall–Kier alpha value is -2.50. The molecule has 1 atom stereocenters. The summed E-state index contributed by atoms with van der Waals surface area (Å²) in [5, 5.41) is 5.83. The van der Waals surface area contributed by atoms with E-state index in [0.29, 0.717) is 6.54 Å². The average Bonchev–Trinajstić information content (AvgIpc) is 2.87. The number of carbonyl (C=O) groups is 1. The zero-order valence-electron chi connectivity index (χ0n) is 15.9. The van der Waals surface area contributed by atoms with Gasteiger partial charge in [0, 0.05) is 24.0 Å². The number of rotatable bonds is 8. The Bertz CT molecular complexity index is 611. The number of nitrogens with zero attached hydrogens (tertiary/aromatic N) is 1. The van der Waals surface area contributed by atoms with E-state index in [4.69, 9.17) is 9.73 Å². The smallest absolute Gasteiger partial charge is 0.407 e. The lowest BCUT2D eigenvalue weighted by molar-refractivity contribution is 0.0525. The fraction of sp³-hybridized carbons (Fsp3) is 0.474. The van der Waals surface area contributed by atoms with Gasteiger partial charge in [-0.3, -0.25) is 4.99 Å². The topological polar surface area (TPSA) is 78.5 Å². The lowest BCUT2D eigenvalue weighted by atomic mass is 10.1. The normalized spacial score (nSPS) is 13.1. The summed E-state index contributed by atoms with van der Waals surface area (Å²) in [4.78, 5) is 19.6. The highest BCUT2D eigenvalue weighted by atomic mass is 16.6. The van der Waals surface area contributed by atoms with E-state index in [1.54, 1.807) is 6.20 Å². The van der Waals surface area contributed by atoms with Gasteiger partial charge in [-0.25, -0.2) is 4.79 Å². The summed E-state index contributed by atoms with van der Waals surface area (Å²) in [6.07, 6.45) is 5.71. The van der Waals surface area contributed by atoms with Crippen LogP contribution in [0.2, 0.25) is 0 Å². The van der Waals surface area contributed by atoms with Crippen molar-refractivity contribution in [1.82, 2.24) is 10.3 Å². The third-order valence-corrected chi connectivity index (χ3v) is 3.29. The SMILES string of the molecule is C=CCc1c[nH]c(NC=C)c1C(C)=NC(C)CNC(=O)OC(C)(C)C. The third kappa shape index (κ3) is 6.87. The molecule has 6 nitrogen and oxygen atoms in total. The first-order chi connectivity index (χ1) is 11.7. The Labute approximate surface area is 150 Å². The zero-order chi connectivity index (χ0) is 19.0. The van der Waals surface area contributed by atoms with E-state index in [-0.39, 0.29) is 6.04 Å². The van der Waals surface area contributed by atoms with E-state index < -0.39 is 11.7 Å². The Balaban J connectivity index is 2.82. The lowest BCUT2D eigenvalue weighted by Gasteiger charge is -2.20. The monoisotopic (exact) mass is 346 g/mol. The Morgan fingerprint density at radius 1 is 1.44 bits per heavy atom. The molecule has 0 bridgehead atoms. The molecule has 1 rings (SSSR count). The van der Waals surface area contributed by atoms with Crippen LogP contribution >= 0.6 is 0 Å². The predicted octanol–water partition coefficient (Wildman–Crippen LogP) is 4.02. The summed E-state index contributed by atoms with van der Waals surface area (Å²) in [5.41, 5.74) is 2.47. The van der Waals surface area contributed by atoms with Gasteiger partial charge in [0.15, 0.2) is 0 Å². The van der Waals surface area contributed by atoms with E-state index in [1.807, 2.05) is 46.9 Å². The van der Waals surface area contributed by atoms with Crippen LogP contribution in [0.4, 0.5) is 10.6 Å². The summed E-state index contributed by atoms with van der Waals surface area (Å²) in [5.74, 6) is 0.848. The van der Waals surface area contributed by atoms with Gasteiger partial charge in [0.1, 0.15) is 11.4 Å². The number of anilines is 1. The molecule has 3 N–H and O–H groups in total. The Kier molecular flexibility index (Phi) is 7.48. The first kappa shape index (κ1) is 20.5. The highest BCUT2D eigenvalue weighted by molar-refractivity contribution is 6.04. The van der Waals surface area contributed by atoms with Crippen LogP contribution in [0.15, 0.2) is 36.6 Å². The molecular weight excluding hydrogens is 316 g/mol. The minimum Gasteiger partial charge on any atom is -0.444 e. The number of aromatic nitrogens is 1. The highest BCUT2D eigenvalue weighted by Crippen LogP contribution is 2.21. The van der Waals surface area contributed by atoms with Gasteiger partial charge in [-0.2, -0.15) is 0 Å². The van der Waals surface area contributed by atoms with Crippen LogP contribution in [0.1, 0.15) is 45.7 Å². The highest BCUT2D eigenvalue weighted by Gasteiger charge is 2.17. The summed E-state index contributed by atoms with van der Waals surface area (Å²) < 4.78 is 5.23. The molecular formula is C19H30N4O2. The molecule has 1 unspecified atom stereocenters. The number of nitrogens with one attached hydrogen (secondary N) is 3. The van der Waals surface area contributed by atoms with Gasteiger partial charge in [0.05, 0.1) is 6.04 Å². The van der Waals surface area contributed by atoms with Crippen molar-refractivity contribution in [1.29, 1.82) is 0 Å². The zero-order valence-corrected chi connectivity index (χ0v) is 15.9. The molecule has 0 spiro atoms. The van der Waals surface area contributed by atoms with Crippen LogP contribution in [0.5, 0.6) is 0 Å². The number of aromatic amines is 1. The predicted molar refractivity (Wildman–Crippen MR) is 104 cm³/mol. The van der Waals surface area contributed by atoms with Crippen molar-refractivity contribution in [3.8, 4) is 0 Å². The first-order valence-electron chi connectivity index (χ1n) is 8.38. The molecule has 0 saturated heterocycles. The molecule has 1 aromatic heterocycles. The number of allylic oxidation sites excluding steroid dienone is 1. The molecule has 0 aromatic carbocycles. The van der Waals surface area contributed by atoms with Crippen LogP contribution in [-0.2, 0) is 11.2 Å². The molecule has 0 saturated carbocycles. The van der Waals surface area contributed by atoms with Gasteiger partial charge in [-0.05, 0) is 52.8 Å². The summed E-state index contributed by atoms with van der Waals surface area (Å²) in [6.45, 7) is 17.3. The number of amides is 1. The molecule has 0 radical (unpaired) electrons. The number of aliphatic imine (C=N–C) groups is 1. The van der Waals surface area contributed by atoms with Gasteiger partial charge in [-0.15, -0.1) is 6.58 Å². The van der Waals surface area contributed by atoms with E-state index in [2.05, 4.69) is 28.8 Å². The Morgan fingerprint density at radius 2 is 2.12 bits per heavy atom. The number of hydrogen-bond donors (Lipinski definition) is 3. The molecule has 138 valence electrons. The second kappa shape index (κ2) is 9.11. The van der Waals surface area contributed by atoms with Crippen molar-refractivity contribution < 1.29 is 9.53 Å². The third-order valence-electron chi connectivity index (χ3n) is 3.29. The minimum absolute atomic E-state index is 0.0874. The molecule has 25 heavy (non-hydrogen) atoms. The minimum atomic E-state index is -0.511. The second-order valence-corrected chi connectivity index (χ2v) is 6.85. The van der Waals surface area contributed by atoms with Gasteiger partial charge in [0.25, 0.3) is 0 Å². The van der Waals surface area contributed by atoms with Gasteiger partial charge in [0.2, 0.25) is 0 Å². The second-order valence-electron chi connectivity index (χ2n) is 6.85. The number of carbonyl (C=O) groups excluding carboxylic acids is 1. The standard InChI is InChI=1S/C19H30N4O2/c1-8-10-15-12-21-17(20-9-2)16(15)14(4)23-13(3)11-22-18(24)25-19(5,6)7/h8-9,12-13,20-21H,1-2,10-11H2,3-7H3,(H,22,24). The van der Waals surface area contributed by atoms with Crippen molar-refractivity contribution in [2.75, 3.05) is 11.9 Å². The lowest BCUT2D eigenvalue weighted by Crippen LogP contribution is -2.35. The molecule has 0 aliphatic rings. The van der Waals surface area contributed by atoms with Crippen molar-refractivity contribution in [3.63, 3.8) is 0 Å². The molecule has 0 aliphatic carbocycles. The van der Waals surface area contributed by atoms with Crippen LogP contribution in [-0.4, -0.2) is 35.0 Å². The van der Waals surface area contributed by atoms with Crippen molar-refractivity contribution >= 4 is 17.6 Å². The van der Waals surface area contributed by atoms with Gasteiger partial charge in [-0.1, -0.05) is 12.7 Å². The number of ether oxygens (including phenoxy) is 1. The maximum Gasteiger partial charge on any atom is 0.407 e. The molecule has 1 aromatic rings. The number of H-pyrrole nitrogens is 1. The summed E-state index contributed by atoms with van der Waals surface area (Å²) in [6, 6.07) is -0.0874. The van der Waals surface area contributed by atoms with Crippen LogP contribution in [0, 0.1) is 0 Å². The maximum atomic E-state index is 11.7. The van der Waals surface area contributed by atoms with Gasteiger partial charge < -0.3 is 20.4 Å². The molecule has 0 aliphatic heterocycles. The number of alkyl carbamates (subject to hydrolysis) is 1. The first-order valence-corrected chi connectivity index (χ1v) is 8.38. The summed E-state index contributed by atoms with van der Waals surface area (Å²) >= 11 is 0. The van der Waals surface area contributed by atoms with Crippen LogP contribution < -0.4 is 10.6 Å². The summed E-state index contributed by atoms with van der Waals surface area (Å²) in [7, 11) is 0. The van der Waals surface area contributed by atoms with E-state index in [1.165, 1.54) is 0 Å². The van der Waals surface area contributed by atoms with Gasteiger partial charge >= 0.3 is 6.09 Å². The molecule has 6 heteroatoms. The van der Waals surface area contributed by atoms with E-state index >= 15 is 0 Å². The van der Waals surface area contributed by atoms with Crippen LogP contribution in [0.25, 0.3) is 0 Å². The fourth-order valence-corrected chi connectivity index (χ4v) is 2.40. The van der Waals surface area contributed by atoms with E-state index in [0.717, 1.165) is 29.1 Å². The maximum absolute atomic E-state index is 11.7. The average molecular weight is 346 g/mol. The number of hydrogen-bond acceptors (Lipinski definition) is 4. The van der Waals surface area contributed by atoms with Crippen molar-refractivity contribution in [2.45, 2.75) is 52.7 Å². The Morgan fingerprint density at radius 3 is 2.68 bits per heavy atom. The van der Waals surface area contributed by atoms with E-state index in [9.17, 15) is 4.79 Å². The molecule has 0 fully saturated rings. The molecule has 1 heterocycles. The van der Waals surface area contributed by atoms with Crippen molar-refractivity contribution in [3.05, 3.63) is 42.8 Å². The fourth-order valence-electron chi connectivity index (χ4n) is 2.40. The quantitative estimate of drug-likeness (QED) is 0.491.